The van der Waals surface area contributed by atoms with Crippen molar-refractivity contribution in [1.82, 2.24) is 15.5 Å². The topological polar surface area (TPSA) is 66.0 Å². The predicted octanol–water partition coefficient (Wildman–Crippen LogP) is 0.638. The fraction of sp³-hybridized carbons (Fsp3) is 0.500. The number of rotatable bonds is 8. The Kier molecular flexibility index (Phi) is 8.67. The first-order valence-electron chi connectivity index (χ1n) is 7.49. The van der Waals surface area contributed by atoms with Crippen LogP contribution in [0.3, 0.4) is 0 Å². The lowest BCUT2D eigenvalue weighted by Crippen LogP contribution is -2.40. The van der Waals surface area contributed by atoms with E-state index in [1.54, 1.807) is 39.4 Å². The molecule has 0 unspecified atom stereocenters. The van der Waals surface area contributed by atoms with Gasteiger partial charge in [0, 0.05) is 34.3 Å². The van der Waals surface area contributed by atoms with Crippen molar-refractivity contribution >= 4 is 11.9 Å². The van der Waals surface area contributed by atoms with Gasteiger partial charge in [-0.2, -0.15) is 0 Å². The first kappa shape index (κ1) is 18.9. The molecule has 1 aromatic rings. The summed E-state index contributed by atoms with van der Waals surface area (Å²) in [6, 6.07) is 6.66. The van der Waals surface area contributed by atoms with Crippen LogP contribution in [0.2, 0.25) is 0 Å². The van der Waals surface area contributed by atoms with Crippen molar-refractivity contribution in [3.05, 3.63) is 35.6 Å². The minimum absolute atomic E-state index is 0.0506. The van der Waals surface area contributed by atoms with Gasteiger partial charge in [-0.1, -0.05) is 18.2 Å². The fourth-order valence-electron chi connectivity index (χ4n) is 1.75. The molecule has 0 spiro atoms. The zero-order valence-corrected chi connectivity index (χ0v) is 13.9. The predicted molar refractivity (Wildman–Crippen MR) is 89.0 cm³/mol. The number of nitrogens with zero attached hydrogens (tertiary/aromatic N) is 2. The summed E-state index contributed by atoms with van der Waals surface area (Å²) in [4.78, 5) is 17.3. The summed E-state index contributed by atoms with van der Waals surface area (Å²) in [5.74, 6) is 0.198. The monoisotopic (exact) mass is 324 g/mol. The van der Waals surface area contributed by atoms with Gasteiger partial charge < -0.3 is 20.3 Å². The van der Waals surface area contributed by atoms with E-state index in [4.69, 9.17) is 4.74 Å². The van der Waals surface area contributed by atoms with Crippen LogP contribution < -0.4 is 10.6 Å². The van der Waals surface area contributed by atoms with Crippen molar-refractivity contribution in [2.75, 3.05) is 47.4 Å². The maximum absolute atomic E-state index is 13.6. The molecule has 0 radical (unpaired) electrons. The Hall–Kier alpha value is -2.15. The molecule has 0 saturated heterocycles. The van der Waals surface area contributed by atoms with E-state index in [1.165, 1.54) is 11.0 Å². The number of methoxy groups -OCH3 is 1. The fourth-order valence-corrected chi connectivity index (χ4v) is 1.75. The van der Waals surface area contributed by atoms with Gasteiger partial charge in [-0.05, 0) is 18.1 Å². The van der Waals surface area contributed by atoms with Gasteiger partial charge in [0.05, 0.1) is 6.61 Å². The van der Waals surface area contributed by atoms with Crippen molar-refractivity contribution in [3.8, 4) is 0 Å². The summed E-state index contributed by atoms with van der Waals surface area (Å²) < 4.78 is 18.5. The molecule has 1 aromatic carbocycles. The zero-order valence-electron chi connectivity index (χ0n) is 13.9. The number of carbonyl (C=O) groups is 1. The molecule has 0 aromatic heterocycles. The highest BCUT2D eigenvalue weighted by atomic mass is 19.1. The Morgan fingerprint density at radius 3 is 2.61 bits per heavy atom. The van der Waals surface area contributed by atoms with Crippen molar-refractivity contribution in [2.45, 2.75) is 6.42 Å². The second kappa shape index (κ2) is 10.6. The summed E-state index contributed by atoms with van der Waals surface area (Å²) >= 11 is 0. The van der Waals surface area contributed by atoms with Gasteiger partial charge in [0.1, 0.15) is 12.4 Å². The van der Waals surface area contributed by atoms with Crippen molar-refractivity contribution in [2.24, 2.45) is 4.99 Å². The molecule has 0 aliphatic heterocycles. The number of carbonyl (C=O) groups excluding carboxylic acids is 1. The first-order valence-corrected chi connectivity index (χ1v) is 7.49. The normalized spacial score (nSPS) is 11.2. The molecule has 1 amide bonds. The van der Waals surface area contributed by atoms with Crippen LogP contribution in [-0.2, 0) is 16.0 Å². The number of amides is 1. The smallest absolute Gasteiger partial charge is 0.243 e. The van der Waals surface area contributed by atoms with E-state index < -0.39 is 0 Å². The summed E-state index contributed by atoms with van der Waals surface area (Å²) in [7, 11) is 4.97. The summed E-state index contributed by atoms with van der Waals surface area (Å²) in [6.45, 7) is 1.65. The molecule has 128 valence electrons. The van der Waals surface area contributed by atoms with E-state index in [0.29, 0.717) is 37.6 Å². The molecule has 0 bridgehead atoms. The summed E-state index contributed by atoms with van der Waals surface area (Å²) in [5, 5.41) is 6.16. The minimum atomic E-state index is -0.220. The molecular weight excluding hydrogens is 299 g/mol. The molecule has 0 aliphatic rings. The molecule has 7 heteroatoms. The Morgan fingerprint density at radius 2 is 1.96 bits per heavy atom. The number of likely N-dealkylation sites (N-methyl/N-ethyl adjacent to an activating group) is 1. The number of aliphatic imine (C=N–C) groups is 1. The average Bonchev–Trinajstić information content (AvgIpc) is 2.53. The summed E-state index contributed by atoms with van der Waals surface area (Å²) in [5.41, 5.74) is 0.639. The third kappa shape index (κ3) is 7.60. The maximum Gasteiger partial charge on any atom is 0.243 e. The average molecular weight is 324 g/mol. The zero-order chi connectivity index (χ0) is 17.1. The van der Waals surface area contributed by atoms with Gasteiger partial charge in [0.25, 0.3) is 0 Å². The van der Waals surface area contributed by atoms with Gasteiger partial charge in [0.15, 0.2) is 5.96 Å². The van der Waals surface area contributed by atoms with Crippen LogP contribution in [0.4, 0.5) is 4.39 Å². The molecule has 0 heterocycles. The molecule has 2 N–H and O–H groups in total. The Bertz CT molecular complexity index is 521. The lowest BCUT2D eigenvalue weighted by molar-refractivity contribution is -0.127. The lowest BCUT2D eigenvalue weighted by atomic mass is 10.1. The molecular formula is C16H25FN4O2. The van der Waals surface area contributed by atoms with E-state index in [-0.39, 0.29) is 18.3 Å². The van der Waals surface area contributed by atoms with Crippen LogP contribution in [0.15, 0.2) is 29.3 Å². The van der Waals surface area contributed by atoms with Crippen LogP contribution >= 0.6 is 0 Å². The van der Waals surface area contributed by atoms with Crippen LogP contribution in [0.5, 0.6) is 0 Å². The Labute approximate surface area is 136 Å². The third-order valence-electron chi connectivity index (χ3n) is 3.11. The van der Waals surface area contributed by atoms with Crippen LogP contribution in [0.25, 0.3) is 0 Å². The van der Waals surface area contributed by atoms with E-state index >= 15 is 0 Å². The van der Waals surface area contributed by atoms with Crippen LogP contribution in [0, 0.1) is 5.82 Å². The minimum Gasteiger partial charge on any atom is -0.383 e. The van der Waals surface area contributed by atoms with Crippen molar-refractivity contribution in [3.63, 3.8) is 0 Å². The number of nitrogens with one attached hydrogen (secondary N) is 2. The molecule has 23 heavy (non-hydrogen) atoms. The highest BCUT2D eigenvalue weighted by Gasteiger charge is 2.05. The quantitative estimate of drug-likeness (QED) is 0.418. The number of hydrogen-bond donors (Lipinski definition) is 2. The Balaban J connectivity index is 2.53. The number of ether oxygens (including phenoxy) is 1. The molecule has 0 fully saturated rings. The molecule has 0 atom stereocenters. The van der Waals surface area contributed by atoms with Crippen LogP contribution in [0.1, 0.15) is 5.56 Å². The maximum atomic E-state index is 13.6. The second-order valence-corrected chi connectivity index (χ2v) is 5.14. The molecule has 1 rings (SSSR count). The van der Waals surface area contributed by atoms with E-state index in [1.807, 2.05) is 0 Å². The van der Waals surface area contributed by atoms with E-state index in [2.05, 4.69) is 15.6 Å². The highest BCUT2D eigenvalue weighted by molar-refractivity contribution is 5.84. The molecule has 6 nitrogen and oxygen atoms in total. The summed E-state index contributed by atoms with van der Waals surface area (Å²) in [6.07, 6.45) is 0.527. The number of hydrogen-bond acceptors (Lipinski definition) is 3. The van der Waals surface area contributed by atoms with Crippen LogP contribution in [-0.4, -0.2) is 64.2 Å². The van der Waals surface area contributed by atoms with Gasteiger partial charge >= 0.3 is 0 Å². The van der Waals surface area contributed by atoms with Gasteiger partial charge in [0.2, 0.25) is 5.91 Å². The standard InChI is InChI=1S/C16H25FN4O2/c1-21(2)15(22)12-20-16(19-10-11-23-3)18-9-8-13-6-4-5-7-14(13)17/h4-7H,8-12H2,1-3H3,(H2,18,19,20). The number of guanidine groups is 1. The van der Waals surface area contributed by atoms with Crippen molar-refractivity contribution < 1.29 is 13.9 Å². The van der Waals surface area contributed by atoms with E-state index in [0.717, 1.165) is 0 Å². The number of halogens is 1. The lowest BCUT2D eigenvalue weighted by Gasteiger charge is -2.13. The SMILES string of the molecule is COCCNC(=NCC(=O)N(C)C)NCCc1ccccc1F. The largest absolute Gasteiger partial charge is 0.383 e. The van der Waals surface area contributed by atoms with Gasteiger partial charge in [-0.3, -0.25) is 4.79 Å². The molecule has 0 aliphatic carbocycles. The van der Waals surface area contributed by atoms with Gasteiger partial charge in [-0.15, -0.1) is 0 Å². The van der Waals surface area contributed by atoms with E-state index in [9.17, 15) is 9.18 Å². The third-order valence-corrected chi connectivity index (χ3v) is 3.11. The van der Waals surface area contributed by atoms with Gasteiger partial charge in [-0.25, -0.2) is 9.38 Å². The Morgan fingerprint density at radius 1 is 1.26 bits per heavy atom. The first-order chi connectivity index (χ1) is 11.0. The molecule has 0 saturated carbocycles. The highest BCUT2D eigenvalue weighted by Crippen LogP contribution is 2.05. The second-order valence-electron chi connectivity index (χ2n) is 5.14. The number of benzene rings is 1. The van der Waals surface area contributed by atoms with Crippen molar-refractivity contribution in [1.29, 1.82) is 0 Å².